The molecule has 6 nitrogen and oxygen atoms in total. The van der Waals surface area contributed by atoms with Crippen LogP contribution in [0.4, 0.5) is 5.69 Å². The second-order valence-electron chi connectivity index (χ2n) is 7.76. The fourth-order valence-electron chi connectivity index (χ4n) is 4.20. The van der Waals surface area contributed by atoms with Crippen LogP contribution in [0.3, 0.4) is 0 Å². The van der Waals surface area contributed by atoms with E-state index in [0.717, 1.165) is 35.2 Å². The van der Waals surface area contributed by atoms with Gasteiger partial charge in [0.1, 0.15) is 13.2 Å². The molecular formula is C22H24N2O4S2. The minimum absolute atomic E-state index is 0.132. The van der Waals surface area contributed by atoms with Crippen molar-refractivity contribution in [3.63, 3.8) is 0 Å². The highest BCUT2D eigenvalue weighted by Gasteiger charge is 2.47. The smallest absolute Gasteiger partial charge is 0.164 e. The summed E-state index contributed by atoms with van der Waals surface area (Å²) < 4.78 is 35.8. The molecule has 30 heavy (non-hydrogen) atoms. The highest BCUT2D eigenvalue weighted by atomic mass is 32.2. The lowest BCUT2D eigenvalue weighted by molar-refractivity contribution is 0.171. The Morgan fingerprint density at radius 1 is 1.03 bits per heavy atom. The van der Waals surface area contributed by atoms with Gasteiger partial charge in [-0.05, 0) is 30.5 Å². The van der Waals surface area contributed by atoms with Crippen molar-refractivity contribution in [3.05, 3.63) is 54.1 Å². The summed E-state index contributed by atoms with van der Waals surface area (Å²) in [4.78, 5) is 6.91. The molecule has 2 unspecified atom stereocenters. The van der Waals surface area contributed by atoms with Gasteiger partial charge in [-0.3, -0.25) is 4.99 Å². The molecule has 0 aromatic heterocycles. The van der Waals surface area contributed by atoms with Crippen LogP contribution in [0, 0.1) is 0 Å². The van der Waals surface area contributed by atoms with Crippen molar-refractivity contribution in [1.29, 1.82) is 0 Å². The molecule has 0 radical (unpaired) electrons. The second kappa shape index (κ2) is 8.15. The Bertz CT molecular complexity index is 1060. The minimum Gasteiger partial charge on any atom is -0.486 e. The summed E-state index contributed by atoms with van der Waals surface area (Å²) in [6, 6.07) is 15.9. The molecule has 5 rings (SSSR count). The number of anilines is 1. The molecule has 158 valence electrons. The standard InChI is InChI=1S/C22H24N2O4S2/c25-30(26)14-18-19(15-30)24(17-8-9-20-21(13-17)28-11-10-27-20)22(23-18)29-12-4-7-16-5-2-1-3-6-16/h1-3,5-6,8-9,13,18-19H,4,7,10-12,14-15H2. The maximum absolute atomic E-state index is 12.2. The van der Waals surface area contributed by atoms with Crippen LogP contribution in [0.15, 0.2) is 53.5 Å². The molecule has 3 heterocycles. The maximum Gasteiger partial charge on any atom is 0.164 e. The highest BCUT2D eigenvalue weighted by molar-refractivity contribution is 8.14. The average Bonchev–Trinajstić information content (AvgIpc) is 3.22. The predicted molar refractivity (Wildman–Crippen MR) is 121 cm³/mol. The van der Waals surface area contributed by atoms with Crippen LogP contribution in [0.2, 0.25) is 0 Å². The molecule has 3 aliphatic rings. The van der Waals surface area contributed by atoms with E-state index in [-0.39, 0.29) is 23.6 Å². The third-order valence-corrected chi connectivity index (χ3v) is 8.35. The van der Waals surface area contributed by atoms with Gasteiger partial charge in [-0.1, -0.05) is 42.1 Å². The number of aryl methyl sites for hydroxylation is 1. The molecule has 1 saturated heterocycles. The number of sulfone groups is 1. The van der Waals surface area contributed by atoms with Crippen LogP contribution in [0.5, 0.6) is 11.5 Å². The van der Waals surface area contributed by atoms with Gasteiger partial charge in [-0.15, -0.1) is 0 Å². The van der Waals surface area contributed by atoms with E-state index in [1.54, 1.807) is 11.8 Å². The molecule has 2 atom stereocenters. The van der Waals surface area contributed by atoms with Gasteiger partial charge in [0, 0.05) is 17.5 Å². The minimum atomic E-state index is -3.06. The number of thioether (sulfide) groups is 1. The molecule has 0 aliphatic carbocycles. The fourth-order valence-corrected chi connectivity index (χ4v) is 7.11. The topological polar surface area (TPSA) is 68.2 Å². The zero-order valence-electron chi connectivity index (χ0n) is 16.6. The van der Waals surface area contributed by atoms with Gasteiger partial charge in [-0.2, -0.15) is 0 Å². The van der Waals surface area contributed by atoms with Crippen molar-refractivity contribution in [3.8, 4) is 11.5 Å². The Labute approximate surface area is 181 Å². The summed E-state index contributed by atoms with van der Waals surface area (Å²) in [7, 11) is -3.06. The number of amidine groups is 1. The van der Waals surface area contributed by atoms with E-state index in [1.165, 1.54) is 5.56 Å². The third kappa shape index (κ3) is 4.03. The Hall–Kier alpha value is -2.19. The first kappa shape index (κ1) is 19.8. The number of fused-ring (bicyclic) bond motifs is 2. The molecule has 0 saturated carbocycles. The van der Waals surface area contributed by atoms with Crippen LogP contribution in [-0.4, -0.2) is 56.1 Å². The lowest BCUT2D eigenvalue weighted by atomic mass is 10.1. The molecule has 2 aromatic rings. The SMILES string of the molecule is O=S1(=O)CC2N=C(SCCCc3ccccc3)N(c3ccc4c(c3)OCCO4)C2C1. The number of hydrogen-bond acceptors (Lipinski definition) is 7. The van der Waals surface area contributed by atoms with Gasteiger partial charge < -0.3 is 14.4 Å². The summed E-state index contributed by atoms with van der Waals surface area (Å²) in [6.07, 6.45) is 2.06. The zero-order chi connectivity index (χ0) is 20.6. The average molecular weight is 445 g/mol. The van der Waals surface area contributed by atoms with Crippen molar-refractivity contribution in [2.45, 2.75) is 24.9 Å². The van der Waals surface area contributed by atoms with Crippen LogP contribution in [0.1, 0.15) is 12.0 Å². The highest BCUT2D eigenvalue weighted by Crippen LogP contribution is 2.40. The number of benzene rings is 2. The van der Waals surface area contributed by atoms with Crippen molar-refractivity contribution < 1.29 is 17.9 Å². The van der Waals surface area contributed by atoms with E-state index in [4.69, 9.17) is 14.5 Å². The zero-order valence-corrected chi connectivity index (χ0v) is 18.2. The Morgan fingerprint density at radius 3 is 2.67 bits per heavy atom. The predicted octanol–water partition coefficient (Wildman–Crippen LogP) is 3.17. The normalized spacial score (nSPS) is 23.9. The van der Waals surface area contributed by atoms with Gasteiger partial charge in [0.2, 0.25) is 0 Å². The number of ether oxygens (including phenoxy) is 2. The largest absolute Gasteiger partial charge is 0.486 e. The van der Waals surface area contributed by atoms with Crippen LogP contribution >= 0.6 is 11.8 Å². The van der Waals surface area contributed by atoms with E-state index in [0.29, 0.717) is 19.0 Å². The Kier molecular flexibility index (Phi) is 5.37. The lowest BCUT2D eigenvalue weighted by Crippen LogP contribution is -2.39. The molecule has 8 heteroatoms. The van der Waals surface area contributed by atoms with Crippen LogP contribution < -0.4 is 14.4 Å². The molecule has 0 N–H and O–H groups in total. The molecule has 0 amide bonds. The van der Waals surface area contributed by atoms with Crippen LogP contribution in [-0.2, 0) is 16.3 Å². The number of hydrogen-bond donors (Lipinski definition) is 0. The van der Waals surface area contributed by atoms with Crippen molar-refractivity contribution in [1.82, 2.24) is 0 Å². The van der Waals surface area contributed by atoms with Gasteiger partial charge in [-0.25, -0.2) is 8.42 Å². The number of nitrogens with zero attached hydrogens (tertiary/aromatic N) is 2. The van der Waals surface area contributed by atoms with Crippen molar-refractivity contribution in [2.24, 2.45) is 4.99 Å². The van der Waals surface area contributed by atoms with Gasteiger partial charge in [0.05, 0.1) is 23.6 Å². The van der Waals surface area contributed by atoms with Crippen LogP contribution in [0.25, 0.3) is 0 Å². The molecule has 0 bridgehead atoms. The molecule has 3 aliphatic heterocycles. The first-order valence-corrected chi connectivity index (χ1v) is 13.0. The van der Waals surface area contributed by atoms with E-state index in [2.05, 4.69) is 29.2 Å². The lowest BCUT2D eigenvalue weighted by Gasteiger charge is -2.28. The maximum atomic E-state index is 12.2. The first-order valence-electron chi connectivity index (χ1n) is 10.2. The molecule has 1 fully saturated rings. The summed E-state index contributed by atoms with van der Waals surface area (Å²) in [5.41, 5.74) is 2.25. The number of aliphatic imine (C=N–C) groups is 1. The monoisotopic (exact) mass is 444 g/mol. The summed E-state index contributed by atoms with van der Waals surface area (Å²) in [6.45, 7) is 1.06. The molecule has 0 spiro atoms. The molecular weight excluding hydrogens is 420 g/mol. The fraction of sp³-hybridized carbons (Fsp3) is 0.409. The quantitative estimate of drug-likeness (QED) is 0.660. The summed E-state index contributed by atoms with van der Waals surface area (Å²) in [5.74, 6) is 2.64. The van der Waals surface area contributed by atoms with Crippen molar-refractivity contribution >= 4 is 32.5 Å². The summed E-state index contributed by atoms with van der Waals surface area (Å²) in [5, 5.41) is 0.907. The first-order chi connectivity index (χ1) is 14.6. The van der Waals surface area contributed by atoms with Gasteiger partial charge in [0.25, 0.3) is 0 Å². The number of rotatable bonds is 5. The van der Waals surface area contributed by atoms with E-state index in [1.807, 2.05) is 24.3 Å². The van der Waals surface area contributed by atoms with Crippen molar-refractivity contribution in [2.75, 3.05) is 35.4 Å². The second-order valence-corrected chi connectivity index (χ2v) is 11.0. The third-order valence-electron chi connectivity index (χ3n) is 5.60. The Morgan fingerprint density at radius 2 is 1.83 bits per heavy atom. The van der Waals surface area contributed by atoms with E-state index in [9.17, 15) is 8.42 Å². The summed E-state index contributed by atoms with van der Waals surface area (Å²) >= 11 is 1.71. The van der Waals surface area contributed by atoms with E-state index >= 15 is 0 Å². The molecule has 2 aromatic carbocycles. The van der Waals surface area contributed by atoms with Gasteiger partial charge >= 0.3 is 0 Å². The van der Waals surface area contributed by atoms with E-state index < -0.39 is 9.84 Å². The Balaban J connectivity index is 1.34. The van der Waals surface area contributed by atoms with Gasteiger partial charge in [0.15, 0.2) is 26.5 Å².